The van der Waals surface area contributed by atoms with Crippen LogP contribution in [0.15, 0.2) is 49.1 Å². The van der Waals surface area contributed by atoms with Crippen molar-refractivity contribution < 1.29 is 4.92 Å². The average molecular weight is 323 g/mol. The summed E-state index contributed by atoms with van der Waals surface area (Å²) in [6.07, 6.45) is 4.39. The van der Waals surface area contributed by atoms with Crippen LogP contribution in [0, 0.1) is 17.0 Å². The summed E-state index contributed by atoms with van der Waals surface area (Å²) in [6, 6.07) is 8.70. The number of anilines is 4. The van der Waals surface area contributed by atoms with Crippen molar-refractivity contribution in [3.8, 4) is 0 Å². The first kappa shape index (κ1) is 15.3. The summed E-state index contributed by atoms with van der Waals surface area (Å²) < 4.78 is 0. The summed E-state index contributed by atoms with van der Waals surface area (Å²) in [7, 11) is 0. The smallest absolute Gasteiger partial charge is 0.334 e. The molecule has 9 heteroatoms. The molecule has 3 aromatic heterocycles. The summed E-state index contributed by atoms with van der Waals surface area (Å²) >= 11 is 0. The van der Waals surface area contributed by atoms with Gasteiger partial charge in [0, 0.05) is 23.8 Å². The lowest BCUT2D eigenvalue weighted by atomic mass is 10.3. The summed E-state index contributed by atoms with van der Waals surface area (Å²) in [5.41, 5.74) is 1.15. The topological polar surface area (TPSA) is 119 Å². The van der Waals surface area contributed by atoms with Crippen molar-refractivity contribution in [1.29, 1.82) is 0 Å². The molecule has 3 rings (SSSR count). The maximum atomic E-state index is 11.5. The van der Waals surface area contributed by atoms with E-state index >= 15 is 0 Å². The Labute approximate surface area is 137 Å². The number of pyridine rings is 2. The molecule has 0 bridgehead atoms. The molecule has 0 spiro atoms. The van der Waals surface area contributed by atoms with Crippen molar-refractivity contribution in [2.24, 2.45) is 0 Å². The molecule has 0 saturated carbocycles. The van der Waals surface area contributed by atoms with Gasteiger partial charge >= 0.3 is 5.69 Å². The second kappa shape index (κ2) is 6.65. The highest BCUT2D eigenvalue weighted by Crippen LogP contribution is 2.32. The van der Waals surface area contributed by atoms with E-state index in [0.29, 0.717) is 11.5 Å². The number of rotatable bonds is 5. The minimum atomic E-state index is -0.540. The molecule has 0 aliphatic rings. The Kier molecular flexibility index (Phi) is 4.23. The van der Waals surface area contributed by atoms with E-state index in [2.05, 4.69) is 30.6 Å². The third kappa shape index (κ3) is 3.40. The fraction of sp³-hybridized carbons (Fsp3) is 0.0667. The Hall–Kier alpha value is -3.62. The van der Waals surface area contributed by atoms with Gasteiger partial charge in [-0.15, -0.1) is 0 Å². The van der Waals surface area contributed by atoms with E-state index < -0.39 is 4.92 Å². The van der Waals surface area contributed by atoms with Crippen LogP contribution in [0.4, 0.5) is 28.8 Å². The van der Waals surface area contributed by atoms with E-state index in [1.54, 1.807) is 36.7 Å². The number of nitrogens with zero attached hydrogens (tertiary/aromatic N) is 5. The summed E-state index contributed by atoms with van der Waals surface area (Å²) in [4.78, 5) is 27.1. The second-order valence-corrected chi connectivity index (χ2v) is 4.83. The Morgan fingerprint density at radius 2 is 1.75 bits per heavy atom. The molecule has 0 fully saturated rings. The third-order valence-corrected chi connectivity index (χ3v) is 3.08. The van der Waals surface area contributed by atoms with Gasteiger partial charge < -0.3 is 10.6 Å². The van der Waals surface area contributed by atoms with E-state index in [0.717, 1.165) is 5.69 Å². The Morgan fingerprint density at radius 1 is 1.04 bits per heavy atom. The lowest BCUT2D eigenvalue weighted by Gasteiger charge is -2.09. The van der Waals surface area contributed by atoms with Crippen molar-refractivity contribution in [3.05, 3.63) is 64.9 Å². The fourth-order valence-electron chi connectivity index (χ4n) is 2.04. The predicted molar refractivity (Wildman–Crippen MR) is 88.5 cm³/mol. The van der Waals surface area contributed by atoms with Gasteiger partial charge in [0.05, 0.1) is 4.92 Å². The lowest BCUT2D eigenvalue weighted by Crippen LogP contribution is -2.06. The molecule has 24 heavy (non-hydrogen) atoms. The van der Waals surface area contributed by atoms with Crippen molar-refractivity contribution in [1.82, 2.24) is 19.9 Å². The van der Waals surface area contributed by atoms with E-state index in [-0.39, 0.29) is 17.3 Å². The summed E-state index contributed by atoms with van der Waals surface area (Å²) in [6.45, 7) is 1.83. The number of nitro groups is 1. The minimum Gasteiger partial charge on any atom is -0.334 e. The zero-order chi connectivity index (χ0) is 16.9. The number of aryl methyl sites for hydroxylation is 1. The van der Waals surface area contributed by atoms with Crippen LogP contribution < -0.4 is 10.6 Å². The summed E-state index contributed by atoms with van der Waals surface area (Å²) in [5, 5.41) is 17.3. The van der Waals surface area contributed by atoms with Crippen LogP contribution in [0.5, 0.6) is 0 Å². The fourth-order valence-corrected chi connectivity index (χ4v) is 2.04. The maximum absolute atomic E-state index is 11.5. The van der Waals surface area contributed by atoms with Gasteiger partial charge in [-0.2, -0.15) is 0 Å². The van der Waals surface area contributed by atoms with Crippen LogP contribution >= 0.6 is 0 Å². The van der Waals surface area contributed by atoms with Gasteiger partial charge in [0.25, 0.3) is 0 Å². The molecule has 120 valence electrons. The van der Waals surface area contributed by atoms with Crippen molar-refractivity contribution in [2.75, 3.05) is 10.6 Å². The highest BCUT2D eigenvalue weighted by molar-refractivity contribution is 5.75. The highest BCUT2D eigenvalue weighted by atomic mass is 16.6. The van der Waals surface area contributed by atoms with E-state index in [1.807, 2.05) is 13.0 Å². The van der Waals surface area contributed by atoms with Crippen LogP contribution in [0.3, 0.4) is 0 Å². The minimum absolute atomic E-state index is 0.0599. The molecule has 9 nitrogen and oxygen atoms in total. The van der Waals surface area contributed by atoms with Gasteiger partial charge in [-0.05, 0) is 31.2 Å². The molecular weight excluding hydrogens is 310 g/mol. The first-order valence-electron chi connectivity index (χ1n) is 7.00. The number of nitrogens with one attached hydrogen (secondary N) is 2. The zero-order valence-corrected chi connectivity index (χ0v) is 12.7. The molecule has 0 aromatic carbocycles. The Balaban J connectivity index is 1.97. The van der Waals surface area contributed by atoms with Gasteiger partial charge in [-0.3, -0.25) is 15.1 Å². The largest absolute Gasteiger partial charge is 0.353 e. The molecule has 0 atom stereocenters. The van der Waals surface area contributed by atoms with Gasteiger partial charge in [-0.1, -0.05) is 6.07 Å². The van der Waals surface area contributed by atoms with E-state index in [9.17, 15) is 10.1 Å². The average Bonchev–Trinajstić information content (AvgIpc) is 2.56. The predicted octanol–water partition coefficient (Wildman–Crippen LogP) is 2.97. The van der Waals surface area contributed by atoms with E-state index in [4.69, 9.17) is 0 Å². The van der Waals surface area contributed by atoms with Crippen molar-refractivity contribution in [3.63, 3.8) is 0 Å². The third-order valence-electron chi connectivity index (χ3n) is 3.08. The molecule has 0 saturated heterocycles. The first-order valence-corrected chi connectivity index (χ1v) is 7.00. The SMILES string of the molecule is Cc1cccc(Nc2ncnc(Nc3ccncc3)c2[N+](=O)[O-])n1. The number of hydrogen-bond acceptors (Lipinski definition) is 8. The normalized spacial score (nSPS) is 10.2. The summed E-state index contributed by atoms with van der Waals surface area (Å²) in [5.74, 6) is 0.604. The molecule has 3 aromatic rings. The van der Waals surface area contributed by atoms with Crippen LogP contribution in [0.25, 0.3) is 0 Å². The van der Waals surface area contributed by atoms with Crippen molar-refractivity contribution in [2.45, 2.75) is 6.92 Å². The molecule has 0 amide bonds. The van der Waals surface area contributed by atoms with Crippen molar-refractivity contribution >= 4 is 28.8 Å². The van der Waals surface area contributed by atoms with Gasteiger partial charge in [0.1, 0.15) is 12.1 Å². The van der Waals surface area contributed by atoms with Gasteiger partial charge in [0.2, 0.25) is 11.6 Å². The molecule has 3 heterocycles. The van der Waals surface area contributed by atoms with Gasteiger partial charge in [0.15, 0.2) is 0 Å². The maximum Gasteiger partial charge on any atom is 0.353 e. The standard InChI is InChI=1S/C15H13N7O2/c1-10-3-2-4-12(19-10)21-15-13(22(23)24)14(17-9-18-15)20-11-5-7-16-8-6-11/h2-9H,1H3,(H2,16,17,18,19,20,21). The first-order chi connectivity index (χ1) is 11.6. The Bertz CT molecular complexity index is 871. The molecule has 0 unspecified atom stereocenters. The van der Waals surface area contributed by atoms with Crippen LogP contribution in [0.2, 0.25) is 0 Å². The Morgan fingerprint density at radius 3 is 2.42 bits per heavy atom. The lowest BCUT2D eigenvalue weighted by molar-refractivity contribution is -0.383. The number of hydrogen-bond donors (Lipinski definition) is 2. The monoisotopic (exact) mass is 323 g/mol. The van der Waals surface area contributed by atoms with E-state index in [1.165, 1.54) is 6.33 Å². The van der Waals surface area contributed by atoms with Crippen LogP contribution in [0.1, 0.15) is 5.69 Å². The molecular formula is C15H13N7O2. The zero-order valence-electron chi connectivity index (χ0n) is 12.7. The molecule has 0 aliphatic heterocycles. The van der Waals surface area contributed by atoms with Crippen LogP contribution in [-0.2, 0) is 0 Å². The quantitative estimate of drug-likeness (QED) is 0.543. The number of aromatic nitrogens is 4. The van der Waals surface area contributed by atoms with Crippen LogP contribution in [-0.4, -0.2) is 24.9 Å². The second-order valence-electron chi connectivity index (χ2n) is 4.83. The van der Waals surface area contributed by atoms with Gasteiger partial charge in [-0.25, -0.2) is 15.0 Å². The molecule has 2 N–H and O–H groups in total. The molecule has 0 aliphatic carbocycles. The highest BCUT2D eigenvalue weighted by Gasteiger charge is 2.23. The molecule has 0 radical (unpaired) electrons.